The number of benzene rings is 2. The van der Waals surface area contributed by atoms with E-state index in [9.17, 15) is 9.59 Å². The second-order valence-electron chi connectivity index (χ2n) is 6.39. The summed E-state index contributed by atoms with van der Waals surface area (Å²) in [5.74, 6) is 1.66. The Morgan fingerprint density at radius 3 is 2.67 bits per heavy atom. The van der Waals surface area contributed by atoms with Gasteiger partial charge in [-0.1, -0.05) is 18.2 Å². The van der Waals surface area contributed by atoms with Crippen LogP contribution >= 0.6 is 0 Å². The molecule has 0 saturated carbocycles. The van der Waals surface area contributed by atoms with Crippen LogP contribution in [0.3, 0.4) is 0 Å². The largest absolute Gasteiger partial charge is 0.495 e. The Labute approximate surface area is 174 Å². The van der Waals surface area contributed by atoms with Gasteiger partial charge in [-0.25, -0.2) is 0 Å². The van der Waals surface area contributed by atoms with Crippen LogP contribution in [-0.4, -0.2) is 30.4 Å². The van der Waals surface area contributed by atoms with Gasteiger partial charge in [0.15, 0.2) is 5.78 Å². The van der Waals surface area contributed by atoms with E-state index in [1.165, 1.54) is 0 Å². The third-order valence-electron chi connectivity index (χ3n) is 4.38. The summed E-state index contributed by atoms with van der Waals surface area (Å²) < 4.78 is 16.5. The Morgan fingerprint density at radius 2 is 1.97 bits per heavy atom. The molecule has 1 aliphatic rings. The number of hydrogen-bond acceptors (Lipinski definition) is 6. The fourth-order valence-electron chi connectivity index (χ4n) is 2.81. The van der Waals surface area contributed by atoms with Crippen molar-refractivity contribution in [2.45, 2.75) is 13.0 Å². The number of aromatic nitrogens is 1. The molecule has 1 aromatic heterocycles. The van der Waals surface area contributed by atoms with E-state index in [0.717, 1.165) is 5.56 Å². The number of carbonyl (C=O) groups is 2. The zero-order chi connectivity index (χ0) is 21.3. The third kappa shape index (κ3) is 5.35. The molecule has 0 unspecified atom stereocenters. The van der Waals surface area contributed by atoms with Crippen LogP contribution in [0.4, 0.5) is 0 Å². The van der Waals surface area contributed by atoms with Crippen LogP contribution in [0.5, 0.6) is 17.2 Å². The number of nitrogens with two attached hydrogens (primary N) is 1. The van der Waals surface area contributed by atoms with Crippen LogP contribution in [-0.2, 0) is 6.61 Å². The highest BCUT2D eigenvalue weighted by Gasteiger charge is 2.18. The fraction of sp³-hybridized carbons (Fsp3) is 0.174. The highest BCUT2D eigenvalue weighted by molar-refractivity contribution is 5.99. The Balaban J connectivity index is 0.000000239. The summed E-state index contributed by atoms with van der Waals surface area (Å²) in [7, 11) is 1.60. The molecule has 0 fully saturated rings. The summed E-state index contributed by atoms with van der Waals surface area (Å²) in [5, 5.41) is 0. The van der Waals surface area contributed by atoms with Crippen LogP contribution in [0.1, 0.15) is 32.7 Å². The number of pyridine rings is 1. The number of Topliss-reactive ketones (excluding diaryl/α,β-unsaturated/α-hetero) is 1. The molecule has 7 nitrogen and oxygen atoms in total. The molecule has 0 atom stereocenters. The number of carbonyl (C=O) groups excluding carboxylic acids is 2. The van der Waals surface area contributed by atoms with Gasteiger partial charge in [0.2, 0.25) is 5.91 Å². The molecule has 0 aliphatic carbocycles. The summed E-state index contributed by atoms with van der Waals surface area (Å²) in [6.45, 7) is 0.784. The van der Waals surface area contributed by atoms with Crippen molar-refractivity contribution in [1.82, 2.24) is 4.98 Å². The van der Waals surface area contributed by atoms with Gasteiger partial charge in [-0.05, 0) is 30.3 Å². The summed E-state index contributed by atoms with van der Waals surface area (Å²) in [4.78, 5) is 26.1. The summed E-state index contributed by atoms with van der Waals surface area (Å²) in [6.07, 6.45) is 3.77. The number of amides is 1. The molecule has 0 spiro atoms. The normalized spacial score (nSPS) is 12.0. The number of rotatable bonds is 5. The highest BCUT2D eigenvalue weighted by atomic mass is 16.5. The fourth-order valence-corrected chi connectivity index (χ4v) is 2.81. The predicted molar refractivity (Wildman–Crippen MR) is 111 cm³/mol. The van der Waals surface area contributed by atoms with E-state index < -0.39 is 0 Å². The Morgan fingerprint density at radius 1 is 1.17 bits per heavy atom. The lowest BCUT2D eigenvalue weighted by atomic mass is 10.1. The molecule has 1 amide bonds. The maximum atomic E-state index is 11.7. The lowest BCUT2D eigenvalue weighted by Crippen LogP contribution is -2.15. The van der Waals surface area contributed by atoms with Gasteiger partial charge in [-0.2, -0.15) is 0 Å². The van der Waals surface area contributed by atoms with Crippen LogP contribution < -0.4 is 19.9 Å². The van der Waals surface area contributed by atoms with Crippen molar-refractivity contribution < 1.29 is 23.8 Å². The van der Waals surface area contributed by atoms with E-state index >= 15 is 0 Å². The van der Waals surface area contributed by atoms with Crippen LogP contribution in [0.2, 0.25) is 0 Å². The highest BCUT2D eigenvalue weighted by Crippen LogP contribution is 2.29. The summed E-state index contributed by atoms with van der Waals surface area (Å²) in [6, 6.07) is 15.9. The molecule has 2 aromatic carbocycles. The van der Waals surface area contributed by atoms with E-state index in [0.29, 0.717) is 48.0 Å². The van der Waals surface area contributed by atoms with Crippen molar-refractivity contribution in [1.29, 1.82) is 0 Å². The summed E-state index contributed by atoms with van der Waals surface area (Å²) >= 11 is 0. The number of primary amides is 1. The zero-order valence-electron chi connectivity index (χ0n) is 16.5. The van der Waals surface area contributed by atoms with Crippen molar-refractivity contribution in [2.75, 3.05) is 13.7 Å². The molecule has 4 rings (SSSR count). The van der Waals surface area contributed by atoms with Gasteiger partial charge < -0.3 is 19.9 Å². The van der Waals surface area contributed by atoms with E-state index in [1.807, 2.05) is 12.1 Å². The van der Waals surface area contributed by atoms with Crippen molar-refractivity contribution >= 4 is 11.7 Å². The number of hydrogen-bond donors (Lipinski definition) is 1. The second-order valence-corrected chi connectivity index (χ2v) is 6.39. The van der Waals surface area contributed by atoms with Crippen LogP contribution in [0.15, 0.2) is 67.0 Å². The number of nitrogens with zero attached hydrogens (tertiary/aromatic N) is 1. The van der Waals surface area contributed by atoms with Crippen LogP contribution in [0, 0.1) is 0 Å². The zero-order valence-corrected chi connectivity index (χ0v) is 16.5. The molecule has 0 radical (unpaired) electrons. The van der Waals surface area contributed by atoms with Gasteiger partial charge in [0, 0.05) is 29.8 Å². The van der Waals surface area contributed by atoms with Crippen LogP contribution in [0.25, 0.3) is 0 Å². The monoisotopic (exact) mass is 406 g/mol. The lowest BCUT2D eigenvalue weighted by Gasteiger charge is -2.17. The lowest BCUT2D eigenvalue weighted by molar-refractivity contribution is 0.0932. The molecular formula is C23H22N2O5. The quantitative estimate of drug-likeness (QED) is 0.697. The minimum atomic E-state index is -0.379. The summed E-state index contributed by atoms with van der Waals surface area (Å²) in [5.41, 5.74) is 7.05. The molecule has 3 aromatic rings. The molecule has 0 bridgehead atoms. The SMILES string of the molecule is COc1cnccc1COc1ccc2c(c1)OCCC2=O.NC(=O)c1ccccc1. The number of fused-ring (bicyclic) bond motifs is 1. The Hall–Kier alpha value is -3.87. The first-order chi connectivity index (χ1) is 14.6. The standard InChI is InChI=1S/C16H15NO4.C7H7NO/c1-19-16-9-17-6-4-11(16)10-21-12-2-3-13-14(18)5-7-20-15(13)8-12;8-7(9)6-4-2-1-3-5-6/h2-4,6,8-9H,5,7,10H2,1H3;1-5H,(H2,8,9). The van der Waals surface area contributed by atoms with Crippen molar-refractivity contribution in [3.8, 4) is 17.2 Å². The van der Waals surface area contributed by atoms with E-state index in [2.05, 4.69) is 4.98 Å². The smallest absolute Gasteiger partial charge is 0.248 e. The van der Waals surface area contributed by atoms with Gasteiger partial charge in [0.25, 0.3) is 0 Å². The molecule has 1 aliphatic heterocycles. The first-order valence-corrected chi connectivity index (χ1v) is 9.33. The minimum absolute atomic E-state index is 0.110. The second kappa shape index (κ2) is 10.1. The van der Waals surface area contributed by atoms with Gasteiger partial charge in [-0.3, -0.25) is 14.6 Å². The van der Waals surface area contributed by atoms with E-state index in [4.69, 9.17) is 19.9 Å². The predicted octanol–water partition coefficient (Wildman–Crippen LogP) is 3.42. The van der Waals surface area contributed by atoms with Gasteiger partial charge in [-0.15, -0.1) is 0 Å². The molecular weight excluding hydrogens is 384 g/mol. The molecule has 154 valence electrons. The van der Waals surface area contributed by atoms with Gasteiger partial charge in [0.1, 0.15) is 23.9 Å². The first kappa shape index (κ1) is 20.9. The minimum Gasteiger partial charge on any atom is -0.495 e. The molecule has 2 N–H and O–H groups in total. The molecule has 30 heavy (non-hydrogen) atoms. The number of ether oxygens (including phenoxy) is 3. The Bertz CT molecular complexity index is 1020. The van der Waals surface area contributed by atoms with Crippen molar-refractivity contribution in [2.24, 2.45) is 5.73 Å². The maximum Gasteiger partial charge on any atom is 0.248 e. The number of methoxy groups -OCH3 is 1. The number of ketones is 1. The van der Waals surface area contributed by atoms with Gasteiger partial charge in [0.05, 0.1) is 25.5 Å². The Kier molecular flexibility index (Phi) is 7.00. The van der Waals surface area contributed by atoms with Crippen molar-refractivity contribution in [3.63, 3.8) is 0 Å². The van der Waals surface area contributed by atoms with Gasteiger partial charge >= 0.3 is 0 Å². The van der Waals surface area contributed by atoms with E-state index in [1.54, 1.807) is 62.0 Å². The average molecular weight is 406 g/mol. The maximum absolute atomic E-state index is 11.7. The molecule has 7 heteroatoms. The van der Waals surface area contributed by atoms with E-state index in [-0.39, 0.29) is 11.7 Å². The average Bonchev–Trinajstić information content (AvgIpc) is 2.79. The molecule has 2 heterocycles. The third-order valence-corrected chi connectivity index (χ3v) is 4.38. The molecule has 0 saturated heterocycles. The topological polar surface area (TPSA) is 101 Å². The van der Waals surface area contributed by atoms with Crippen molar-refractivity contribution in [3.05, 3.63) is 83.7 Å². The first-order valence-electron chi connectivity index (χ1n) is 9.33.